The fourth-order valence-corrected chi connectivity index (χ4v) is 3.87. The van der Waals surface area contributed by atoms with Crippen molar-refractivity contribution in [1.82, 2.24) is 5.32 Å². The Kier molecular flexibility index (Phi) is 3.69. The Bertz CT molecular complexity index is 460. The quantitative estimate of drug-likeness (QED) is 0.881. The molecule has 1 N–H and O–H groups in total. The van der Waals surface area contributed by atoms with E-state index in [1.807, 2.05) is 0 Å². The van der Waals surface area contributed by atoms with Crippen LogP contribution >= 0.6 is 11.6 Å². The molecule has 4 heteroatoms. The van der Waals surface area contributed by atoms with Crippen LogP contribution in [0.4, 0.5) is 0 Å². The summed E-state index contributed by atoms with van der Waals surface area (Å²) < 4.78 is 4.96. The summed E-state index contributed by atoms with van der Waals surface area (Å²) in [7, 11) is 0. The summed E-state index contributed by atoms with van der Waals surface area (Å²) in [6, 6.07) is 1.80. The third-order valence-electron chi connectivity index (χ3n) is 3.75. The molecule has 1 heterocycles. The zero-order valence-corrected chi connectivity index (χ0v) is 12.8. The van der Waals surface area contributed by atoms with E-state index in [1.165, 1.54) is 12.7 Å². The van der Waals surface area contributed by atoms with Crippen molar-refractivity contribution < 1.29 is 9.21 Å². The van der Waals surface area contributed by atoms with Crippen molar-refractivity contribution in [3.63, 3.8) is 0 Å². The highest BCUT2D eigenvalue weighted by Gasteiger charge is 2.39. The lowest BCUT2D eigenvalue weighted by molar-refractivity contribution is 0.0713. The Labute approximate surface area is 119 Å². The van der Waals surface area contributed by atoms with Gasteiger partial charge in [0, 0.05) is 6.04 Å². The largest absolute Gasteiger partial charge is 0.452 e. The first-order chi connectivity index (χ1) is 8.69. The SMILES string of the molecule is CC1(C)CC(NC(=O)c2ccoc2Cl)CC(C)(C)C1. The van der Waals surface area contributed by atoms with Crippen molar-refractivity contribution in [3.05, 3.63) is 23.1 Å². The summed E-state index contributed by atoms with van der Waals surface area (Å²) in [6.45, 7) is 9.05. The van der Waals surface area contributed by atoms with Crippen molar-refractivity contribution in [2.45, 2.75) is 53.0 Å². The van der Waals surface area contributed by atoms with Crippen LogP contribution in [0.3, 0.4) is 0 Å². The summed E-state index contributed by atoms with van der Waals surface area (Å²) in [5, 5.41) is 3.25. The Balaban J connectivity index is 2.07. The van der Waals surface area contributed by atoms with Gasteiger partial charge in [-0.05, 0) is 47.8 Å². The van der Waals surface area contributed by atoms with Gasteiger partial charge in [0.25, 0.3) is 5.91 Å². The number of amides is 1. The highest BCUT2D eigenvalue weighted by atomic mass is 35.5. The van der Waals surface area contributed by atoms with Crippen LogP contribution < -0.4 is 5.32 Å². The fourth-order valence-electron chi connectivity index (χ4n) is 3.67. The van der Waals surface area contributed by atoms with Crippen molar-refractivity contribution in [3.8, 4) is 0 Å². The van der Waals surface area contributed by atoms with Crippen LogP contribution in [0, 0.1) is 10.8 Å². The van der Waals surface area contributed by atoms with Gasteiger partial charge >= 0.3 is 0 Å². The van der Waals surface area contributed by atoms with E-state index in [0.29, 0.717) is 5.56 Å². The van der Waals surface area contributed by atoms with Crippen LogP contribution in [0.25, 0.3) is 0 Å². The van der Waals surface area contributed by atoms with E-state index in [1.54, 1.807) is 6.07 Å². The third kappa shape index (κ3) is 3.53. The van der Waals surface area contributed by atoms with Crippen LogP contribution in [0.15, 0.2) is 16.7 Å². The van der Waals surface area contributed by atoms with E-state index < -0.39 is 0 Å². The number of carbonyl (C=O) groups is 1. The van der Waals surface area contributed by atoms with E-state index in [-0.39, 0.29) is 28.0 Å². The summed E-state index contributed by atoms with van der Waals surface area (Å²) >= 11 is 5.84. The number of hydrogen-bond acceptors (Lipinski definition) is 2. The molecule has 0 saturated heterocycles. The first-order valence-electron chi connectivity index (χ1n) is 6.72. The zero-order valence-electron chi connectivity index (χ0n) is 12.0. The number of hydrogen-bond donors (Lipinski definition) is 1. The Hall–Kier alpha value is -0.960. The lowest BCUT2D eigenvalue weighted by Gasteiger charge is -2.45. The molecule has 0 atom stereocenters. The molecule has 0 radical (unpaired) electrons. The predicted octanol–water partition coefficient (Wildman–Crippen LogP) is 4.27. The van der Waals surface area contributed by atoms with Crippen LogP contribution in [0.5, 0.6) is 0 Å². The van der Waals surface area contributed by atoms with E-state index >= 15 is 0 Å². The second-order valence-corrected chi connectivity index (χ2v) is 7.54. The minimum absolute atomic E-state index is 0.141. The fraction of sp³-hybridized carbons (Fsp3) is 0.667. The average Bonchev–Trinajstić information content (AvgIpc) is 2.58. The molecule has 3 nitrogen and oxygen atoms in total. The minimum Gasteiger partial charge on any atom is -0.452 e. The van der Waals surface area contributed by atoms with Crippen LogP contribution in [-0.4, -0.2) is 11.9 Å². The molecule has 0 bridgehead atoms. The number of nitrogens with one attached hydrogen (secondary N) is 1. The Morgan fingerprint density at radius 1 is 1.32 bits per heavy atom. The maximum absolute atomic E-state index is 12.2. The van der Waals surface area contributed by atoms with E-state index in [4.69, 9.17) is 16.0 Å². The molecule has 1 fully saturated rings. The smallest absolute Gasteiger partial charge is 0.256 e. The second kappa shape index (κ2) is 4.86. The summed E-state index contributed by atoms with van der Waals surface area (Å²) in [6.07, 6.45) is 4.61. The number of rotatable bonds is 2. The molecule has 1 aromatic heterocycles. The lowest BCUT2D eigenvalue weighted by Crippen LogP contribution is -2.46. The van der Waals surface area contributed by atoms with Gasteiger partial charge in [-0.3, -0.25) is 4.79 Å². The van der Waals surface area contributed by atoms with Gasteiger partial charge < -0.3 is 9.73 Å². The molecule has 0 aromatic carbocycles. The maximum Gasteiger partial charge on any atom is 0.256 e. The molecule has 106 valence electrons. The molecule has 1 saturated carbocycles. The van der Waals surface area contributed by atoms with Gasteiger partial charge in [0.2, 0.25) is 5.22 Å². The minimum atomic E-state index is -0.141. The molecule has 19 heavy (non-hydrogen) atoms. The zero-order chi connectivity index (χ0) is 14.3. The van der Waals surface area contributed by atoms with Crippen molar-refractivity contribution in [2.24, 2.45) is 10.8 Å². The number of halogens is 1. The Morgan fingerprint density at radius 2 is 1.89 bits per heavy atom. The van der Waals surface area contributed by atoms with Gasteiger partial charge in [-0.15, -0.1) is 0 Å². The summed E-state index contributed by atoms with van der Waals surface area (Å²) in [4.78, 5) is 12.2. The van der Waals surface area contributed by atoms with Gasteiger partial charge in [0.1, 0.15) is 0 Å². The molecule has 0 aliphatic heterocycles. The number of furan rings is 1. The first-order valence-corrected chi connectivity index (χ1v) is 7.10. The van der Waals surface area contributed by atoms with E-state index in [2.05, 4.69) is 33.0 Å². The van der Waals surface area contributed by atoms with E-state index in [0.717, 1.165) is 12.8 Å². The maximum atomic E-state index is 12.2. The topological polar surface area (TPSA) is 42.2 Å². The summed E-state index contributed by atoms with van der Waals surface area (Å²) in [5.41, 5.74) is 0.919. The number of carbonyl (C=O) groups excluding carboxylic acids is 1. The molecular formula is C15H22ClNO2. The molecule has 0 spiro atoms. The molecule has 0 unspecified atom stereocenters. The molecular weight excluding hydrogens is 262 g/mol. The average molecular weight is 284 g/mol. The second-order valence-electron chi connectivity index (χ2n) is 7.19. The monoisotopic (exact) mass is 283 g/mol. The standard InChI is InChI=1S/C15H22ClNO2/c1-14(2)7-10(8-15(3,4)9-14)17-13(18)11-5-6-19-12(11)16/h5-6,10H,7-9H2,1-4H3,(H,17,18). The lowest BCUT2D eigenvalue weighted by atomic mass is 9.63. The molecule has 1 amide bonds. The van der Waals surface area contributed by atoms with Gasteiger partial charge in [0.15, 0.2) is 0 Å². The molecule has 1 aliphatic carbocycles. The molecule has 1 aromatic rings. The summed E-state index contributed by atoms with van der Waals surface area (Å²) in [5.74, 6) is -0.141. The highest BCUT2D eigenvalue weighted by Crippen LogP contribution is 2.45. The third-order valence-corrected chi connectivity index (χ3v) is 4.05. The van der Waals surface area contributed by atoms with Crippen molar-refractivity contribution in [2.75, 3.05) is 0 Å². The van der Waals surface area contributed by atoms with Gasteiger partial charge in [-0.1, -0.05) is 27.7 Å². The van der Waals surface area contributed by atoms with Crippen LogP contribution in [0.2, 0.25) is 5.22 Å². The normalized spacial score (nSPS) is 22.2. The molecule has 2 rings (SSSR count). The highest BCUT2D eigenvalue weighted by molar-refractivity contribution is 6.32. The van der Waals surface area contributed by atoms with Gasteiger partial charge in [0.05, 0.1) is 11.8 Å². The Morgan fingerprint density at radius 3 is 2.37 bits per heavy atom. The predicted molar refractivity (Wildman–Crippen MR) is 76.4 cm³/mol. The van der Waals surface area contributed by atoms with Crippen molar-refractivity contribution in [1.29, 1.82) is 0 Å². The first kappa shape index (κ1) is 14.4. The van der Waals surface area contributed by atoms with Crippen LogP contribution in [-0.2, 0) is 0 Å². The van der Waals surface area contributed by atoms with Crippen LogP contribution in [0.1, 0.15) is 57.3 Å². The molecule has 1 aliphatic rings. The van der Waals surface area contributed by atoms with E-state index in [9.17, 15) is 4.79 Å². The van der Waals surface area contributed by atoms with Gasteiger partial charge in [-0.25, -0.2) is 0 Å². The van der Waals surface area contributed by atoms with Crippen molar-refractivity contribution >= 4 is 17.5 Å². The van der Waals surface area contributed by atoms with Gasteiger partial charge in [-0.2, -0.15) is 0 Å².